The van der Waals surface area contributed by atoms with Gasteiger partial charge in [0.1, 0.15) is 0 Å². The van der Waals surface area contributed by atoms with Gasteiger partial charge < -0.3 is 25.3 Å². The summed E-state index contributed by atoms with van der Waals surface area (Å²) in [6.07, 6.45) is 1.92. The molecule has 0 heterocycles. The van der Waals surface area contributed by atoms with Gasteiger partial charge in [-0.3, -0.25) is 0 Å². The van der Waals surface area contributed by atoms with Crippen molar-refractivity contribution in [1.82, 2.24) is 4.90 Å². The van der Waals surface area contributed by atoms with Gasteiger partial charge in [-0.15, -0.1) is 0 Å². The molecule has 4 N–H and O–H groups in total. The number of aromatic hydroxyl groups is 2. The highest BCUT2D eigenvalue weighted by atomic mass is 16.4. The molecule has 0 saturated heterocycles. The first-order chi connectivity index (χ1) is 12.8. The Labute approximate surface area is 158 Å². The van der Waals surface area contributed by atoms with Crippen molar-refractivity contribution in [3.63, 3.8) is 0 Å². The fraction of sp³-hybridized carbons (Fsp3) is 0.300. The summed E-state index contributed by atoms with van der Waals surface area (Å²) in [5, 5.41) is 33.6. The maximum Gasteiger partial charge on any atom is 0.414 e. The molecule has 7 nitrogen and oxygen atoms in total. The van der Waals surface area contributed by atoms with E-state index in [1.54, 1.807) is 12.1 Å². The van der Waals surface area contributed by atoms with Gasteiger partial charge in [0.05, 0.1) is 0 Å². The molecule has 0 aliphatic carbocycles. The Morgan fingerprint density at radius 3 is 1.85 bits per heavy atom. The van der Waals surface area contributed by atoms with E-state index in [4.69, 9.17) is 19.8 Å². The zero-order chi connectivity index (χ0) is 20.2. The van der Waals surface area contributed by atoms with Crippen molar-refractivity contribution >= 4 is 11.9 Å². The van der Waals surface area contributed by atoms with Crippen LogP contribution in [0.1, 0.15) is 18.1 Å². The van der Waals surface area contributed by atoms with Gasteiger partial charge in [-0.1, -0.05) is 43.3 Å². The van der Waals surface area contributed by atoms with Crippen LogP contribution in [0.5, 0.6) is 11.5 Å². The summed E-state index contributed by atoms with van der Waals surface area (Å²) in [4.78, 5) is 20.6. The number of aliphatic carboxylic acids is 2. The zero-order valence-electron chi connectivity index (χ0n) is 15.2. The molecular formula is C20H25NO6. The van der Waals surface area contributed by atoms with Crippen LogP contribution in [0, 0.1) is 0 Å². The van der Waals surface area contributed by atoms with Crippen molar-refractivity contribution in [3.8, 4) is 11.5 Å². The normalized spacial score (nSPS) is 10.1. The van der Waals surface area contributed by atoms with Crippen molar-refractivity contribution < 1.29 is 30.0 Å². The highest BCUT2D eigenvalue weighted by Gasteiger charge is 2.06. The molecule has 0 amide bonds. The van der Waals surface area contributed by atoms with Gasteiger partial charge in [-0.2, -0.15) is 0 Å². The molecule has 0 fully saturated rings. The van der Waals surface area contributed by atoms with Crippen molar-refractivity contribution in [2.45, 2.75) is 19.8 Å². The lowest BCUT2D eigenvalue weighted by Crippen LogP contribution is -2.28. The lowest BCUT2D eigenvalue weighted by atomic mass is 10.1. The lowest BCUT2D eigenvalue weighted by Gasteiger charge is -2.20. The van der Waals surface area contributed by atoms with Crippen LogP contribution in [0.4, 0.5) is 0 Å². The third kappa shape index (κ3) is 8.73. The quantitative estimate of drug-likeness (QED) is 0.433. The number of benzene rings is 2. The predicted octanol–water partition coefficient (Wildman–Crippen LogP) is 2.36. The van der Waals surface area contributed by atoms with Gasteiger partial charge in [-0.05, 0) is 42.6 Å². The first-order valence-corrected chi connectivity index (χ1v) is 8.56. The fourth-order valence-corrected chi connectivity index (χ4v) is 2.37. The molecule has 27 heavy (non-hydrogen) atoms. The fourth-order valence-electron chi connectivity index (χ4n) is 2.37. The molecule has 0 bridgehead atoms. The second kappa shape index (κ2) is 11.5. The molecule has 0 aliphatic rings. The Morgan fingerprint density at radius 2 is 1.37 bits per heavy atom. The average molecular weight is 375 g/mol. The molecule has 0 aromatic heterocycles. The van der Waals surface area contributed by atoms with Crippen LogP contribution < -0.4 is 0 Å². The SMILES string of the molecule is CCN(CCc1ccccc1)CCc1ccc(O)c(O)c1.O=C(O)C(=O)O. The first kappa shape index (κ1) is 22.0. The number of carboxylic acid groups (broad SMARTS) is 2. The van der Waals surface area contributed by atoms with Crippen molar-refractivity contribution in [3.05, 3.63) is 59.7 Å². The van der Waals surface area contributed by atoms with Crippen LogP contribution in [0.2, 0.25) is 0 Å². The number of hydrogen-bond donors (Lipinski definition) is 4. The van der Waals surface area contributed by atoms with Crippen LogP contribution in [-0.4, -0.2) is 56.9 Å². The second-order valence-electron chi connectivity index (χ2n) is 5.85. The topological polar surface area (TPSA) is 118 Å². The van der Waals surface area contributed by atoms with Crippen molar-refractivity contribution in [1.29, 1.82) is 0 Å². The minimum atomic E-state index is -1.82. The maximum atomic E-state index is 9.51. The molecule has 2 aromatic carbocycles. The van der Waals surface area contributed by atoms with Gasteiger partial charge >= 0.3 is 11.9 Å². The van der Waals surface area contributed by atoms with E-state index >= 15 is 0 Å². The minimum Gasteiger partial charge on any atom is -0.504 e. The number of nitrogens with zero attached hydrogens (tertiary/aromatic N) is 1. The zero-order valence-corrected chi connectivity index (χ0v) is 15.2. The van der Waals surface area contributed by atoms with Crippen molar-refractivity contribution in [2.24, 2.45) is 0 Å². The van der Waals surface area contributed by atoms with E-state index < -0.39 is 11.9 Å². The number of phenolic OH excluding ortho intramolecular Hbond substituents is 2. The summed E-state index contributed by atoms with van der Waals surface area (Å²) in [6, 6.07) is 15.6. The molecule has 146 valence electrons. The summed E-state index contributed by atoms with van der Waals surface area (Å²) in [6.45, 7) is 5.16. The van der Waals surface area contributed by atoms with Gasteiger partial charge in [0, 0.05) is 13.1 Å². The summed E-state index contributed by atoms with van der Waals surface area (Å²) in [5.41, 5.74) is 2.40. The lowest BCUT2D eigenvalue weighted by molar-refractivity contribution is -0.159. The van der Waals surface area contributed by atoms with E-state index in [-0.39, 0.29) is 11.5 Å². The van der Waals surface area contributed by atoms with E-state index in [1.165, 1.54) is 5.56 Å². The number of likely N-dealkylation sites (N-methyl/N-ethyl adjacent to an activating group) is 1. The van der Waals surface area contributed by atoms with Gasteiger partial charge in [0.25, 0.3) is 0 Å². The van der Waals surface area contributed by atoms with Gasteiger partial charge in [0.2, 0.25) is 0 Å². The maximum absolute atomic E-state index is 9.51. The van der Waals surface area contributed by atoms with Crippen LogP contribution in [0.25, 0.3) is 0 Å². The first-order valence-electron chi connectivity index (χ1n) is 8.56. The average Bonchev–Trinajstić information content (AvgIpc) is 2.66. The number of phenols is 2. The van der Waals surface area contributed by atoms with E-state index in [0.717, 1.165) is 38.0 Å². The molecule has 0 unspecified atom stereocenters. The molecule has 0 spiro atoms. The van der Waals surface area contributed by atoms with E-state index in [9.17, 15) is 10.2 Å². The van der Waals surface area contributed by atoms with Gasteiger partial charge in [0.15, 0.2) is 11.5 Å². The van der Waals surface area contributed by atoms with Gasteiger partial charge in [-0.25, -0.2) is 9.59 Å². The minimum absolute atomic E-state index is 0.0418. The van der Waals surface area contributed by atoms with E-state index in [1.807, 2.05) is 12.1 Å². The third-order valence-electron chi connectivity index (χ3n) is 3.95. The van der Waals surface area contributed by atoms with Crippen LogP contribution in [0.15, 0.2) is 48.5 Å². The van der Waals surface area contributed by atoms with E-state index in [2.05, 4.69) is 36.1 Å². The number of carboxylic acids is 2. The van der Waals surface area contributed by atoms with E-state index in [0.29, 0.717) is 0 Å². The number of carbonyl (C=O) groups is 2. The molecule has 0 atom stereocenters. The number of hydrogen-bond acceptors (Lipinski definition) is 5. The summed E-state index contributed by atoms with van der Waals surface area (Å²) in [7, 11) is 0. The Balaban J connectivity index is 0.000000527. The summed E-state index contributed by atoms with van der Waals surface area (Å²) < 4.78 is 0. The molecule has 0 radical (unpaired) electrons. The number of rotatable bonds is 7. The largest absolute Gasteiger partial charge is 0.504 e. The monoisotopic (exact) mass is 375 g/mol. The standard InChI is InChI=1S/C18H23NO2.C2H2O4/c1-2-19(12-10-15-6-4-3-5-7-15)13-11-16-8-9-17(20)18(21)14-16;3-1(4)2(5)6/h3-9,14,20-21H,2,10-13H2,1H3;(H,3,4)(H,5,6). The highest BCUT2D eigenvalue weighted by Crippen LogP contribution is 2.25. The summed E-state index contributed by atoms with van der Waals surface area (Å²) >= 11 is 0. The van der Waals surface area contributed by atoms with Crippen molar-refractivity contribution in [2.75, 3.05) is 19.6 Å². The van der Waals surface area contributed by atoms with Crippen LogP contribution >= 0.6 is 0 Å². The molecule has 7 heteroatoms. The smallest absolute Gasteiger partial charge is 0.414 e. The van der Waals surface area contributed by atoms with Crippen LogP contribution in [-0.2, 0) is 22.4 Å². The molecule has 0 saturated carbocycles. The highest BCUT2D eigenvalue weighted by molar-refractivity contribution is 6.27. The predicted molar refractivity (Wildman–Crippen MR) is 101 cm³/mol. The molecule has 0 aliphatic heterocycles. The Bertz CT molecular complexity index is 721. The second-order valence-corrected chi connectivity index (χ2v) is 5.85. The molecular weight excluding hydrogens is 350 g/mol. The third-order valence-corrected chi connectivity index (χ3v) is 3.95. The Morgan fingerprint density at radius 1 is 0.815 bits per heavy atom. The molecule has 2 aromatic rings. The molecule has 2 rings (SSSR count). The summed E-state index contributed by atoms with van der Waals surface area (Å²) in [5.74, 6) is -3.75. The van der Waals surface area contributed by atoms with Crippen LogP contribution in [0.3, 0.4) is 0 Å². The Kier molecular flexibility index (Phi) is 9.39. The Hall–Kier alpha value is -3.06.